The molecule has 0 atom stereocenters. The van der Waals surface area contributed by atoms with Crippen LogP contribution < -0.4 is 4.90 Å². The maximum atomic E-state index is 11.6. The Morgan fingerprint density at radius 1 is 1.29 bits per heavy atom. The summed E-state index contributed by atoms with van der Waals surface area (Å²) in [5.41, 5.74) is 0.745. The molecule has 0 radical (unpaired) electrons. The van der Waals surface area contributed by atoms with Crippen LogP contribution in [0.25, 0.3) is 0 Å². The van der Waals surface area contributed by atoms with Crippen LogP contribution in [0.5, 0.6) is 0 Å². The van der Waals surface area contributed by atoms with Crippen molar-refractivity contribution in [2.45, 2.75) is 6.92 Å². The van der Waals surface area contributed by atoms with Gasteiger partial charge in [-0.25, -0.2) is 9.59 Å². The molecular weight excluding hydrogens is 222 g/mol. The molecule has 1 N–H and O–H groups in total. The van der Waals surface area contributed by atoms with E-state index in [4.69, 9.17) is 9.84 Å². The van der Waals surface area contributed by atoms with E-state index in [0.717, 1.165) is 5.69 Å². The molecule has 0 bridgehead atoms. The summed E-state index contributed by atoms with van der Waals surface area (Å²) < 4.78 is 4.80. The van der Waals surface area contributed by atoms with Gasteiger partial charge in [0.05, 0.1) is 17.7 Å². The molecule has 1 rings (SSSR count). The van der Waals surface area contributed by atoms with Crippen LogP contribution in [0.2, 0.25) is 0 Å². The van der Waals surface area contributed by atoms with E-state index < -0.39 is 11.9 Å². The zero-order valence-electron chi connectivity index (χ0n) is 10.1. The van der Waals surface area contributed by atoms with E-state index in [1.807, 2.05) is 0 Å². The highest BCUT2D eigenvalue weighted by Gasteiger charge is 2.18. The Morgan fingerprint density at radius 3 is 2.41 bits per heavy atom. The lowest BCUT2D eigenvalue weighted by Crippen LogP contribution is -2.14. The summed E-state index contributed by atoms with van der Waals surface area (Å²) in [6, 6.07) is 4.60. The van der Waals surface area contributed by atoms with Crippen molar-refractivity contribution >= 4 is 17.6 Å². The second-order valence-corrected chi connectivity index (χ2v) is 3.65. The number of anilines is 1. The number of carboxylic acid groups (broad SMARTS) is 1. The van der Waals surface area contributed by atoms with Crippen molar-refractivity contribution in [3.8, 4) is 0 Å². The molecule has 0 heterocycles. The Morgan fingerprint density at radius 2 is 1.94 bits per heavy atom. The van der Waals surface area contributed by atoms with Gasteiger partial charge in [-0.2, -0.15) is 0 Å². The Kier molecular flexibility index (Phi) is 4.09. The molecular formula is C12H15NO4. The summed E-state index contributed by atoms with van der Waals surface area (Å²) in [6.45, 7) is 1.89. The van der Waals surface area contributed by atoms with E-state index in [0.29, 0.717) is 0 Å². The van der Waals surface area contributed by atoms with Gasteiger partial charge in [0.15, 0.2) is 0 Å². The molecule has 0 amide bonds. The Balaban J connectivity index is 3.22. The molecule has 0 saturated heterocycles. The lowest BCUT2D eigenvalue weighted by atomic mass is 10.1. The van der Waals surface area contributed by atoms with E-state index in [-0.39, 0.29) is 17.7 Å². The van der Waals surface area contributed by atoms with Crippen molar-refractivity contribution in [3.63, 3.8) is 0 Å². The van der Waals surface area contributed by atoms with E-state index in [1.54, 1.807) is 32.0 Å². The summed E-state index contributed by atoms with van der Waals surface area (Å²) in [5, 5.41) is 9.06. The number of carbonyl (C=O) groups is 2. The van der Waals surface area contributed by atoms with Gasteiger partial charge < -0.3 is 14.7 Å². The quantitative estimate of drug-likeness (QED) is 0.806. The Hall–Kier alpha value is -2.04. The largest absolute Gasteiger partial charge is 0.478 e. The Bertz CT molecular complexity index is 440. The second-order valence-electron chi connectivity index (χ2n) is 3.65. The van der Waals surface area contributed by atoms with Crippen LogP contribution in [0.15, 0.2) is 18.2 Å². The molecule has 0 aliphatic carbocycles. The van der Waals surface area contributed by atoms with Gasteiger partial charge in [-0.05, 0) is 25.1 Å². The van der Waals surface area contributed by atoms with Crippen molar-refractivity contribution in [3.05, 3.63) is 29.3 Å². The van der Waals surface area contributed by atoms with Crippen molar-refractivity contribution in [2.75, 3.05) is 25.6 Å². The van der Waals surface area contributed by atoms with Crippen LogP contribution in [0, 0.1) is 0 Å². The minimum Gasteiger partial charge on any atom is -0.478 e. The summed E-state index contributed by atoms with van der Waals surface area (Å²) in [5.74, 6) is -1.76. The van der Waals surface area contributed by atoms with Gasteiger partial charge in [-0.1, -0.05) is 0 Å². The SMILES string of the molecule is CCOC(=O)c1ccc(N(C)C)cc1C(=O)O. The molecule has 0 unspecified atom stereocenters. The first-order chi connectivity index (χ1) is 7.97. The van der Waals surface area contributed by atoms with Gasteiger partial charge in [0.1, 0.15) is 0 Å². The number of ether oxygens (including phenoxy) is 1. The molecule has 0 fully saturated rings. The van der Waals surface area contributed by atoms with Crippen LogP contribution in [-0.4, -0.2) is 37.7 Å². The van der Waals surface area contributed by atoms with Gasteiger partial charge >= 0.3 is 11.9 Å². The fourth-order valence-corrected chi connectivity index (χ4v) is 1.37. The summed E-state index contributed by atoms with van der Waals surface area (Å²) >= 11 is 0. The predicted octanol–water partition coefficient (Wildman–Crippen LogP) is 1.63. The highest BCUT2D eigenvalue weighted by atomic mass is 16.5. The number of hydrogen-bond donors (Lipinski definition) is 1. The van der Waals surface area contributed by atoms with Crippen LogP contribution in [-0.2, 0) is 4.74 Å². The van der Waals surface area contributed by atoms with Gasteiger partial charge in [0, 0.05) is 19.8 Å². The van der Waals surface area contributed by atoms with Crippen molar-refractivity contribution in [2.24, 2.45) is 0 Å². The van der Waals surface area contributed by atoms with Crippen LogP contribution >= 0.6 is 0 Å². The van der Waals surface area contributed by atoms with Crippen LogP contribution in [0.1, 0.15) is 27.6 Å². The fraction of sp³-hybridized carbons (Fsp3) is 0.333. The third kappa shape index (κ3) is 2.96. The summed E-state index contributed by atoms with van der Waals surface area (Å²) in [7, 11) is 3.59. The fourth-order valence-electron chi connectivity index (χ4n) is 1.37. The maximum Gasteiger partial charge on any atom is 0.338 e. The summed E-state index contributed by atoms with van der Waals surface area (Å²) in [6.07, 6.45) is 0. The normalized spacial score (nSPS) is 9.82. The lowest BCUT2D eigenvalue weighted by Gasteiger charge is -2.14. The highest BCUT2D eigenvalue weighted by molar-refractivity contribution is 6.03. The number of carbonyl (C=O) groups excluding carboxylic acids is 1. The van der Waals surface area contributed by atoms with Crippen LogP contribution in [0.3, 0.4) is 0 Å². The zero-order valence-corrected chi connectivity index (χ0v) is 10.1. The molecule has 0 aliphatic rings. The van der Waals surface area contributed by atoms with Crippen LogP contribution in [0.4, 0.5) is 5.69 Å². The predicted molar refractivity (Wildman–Crippen MR) is 63.7 cm³/mol. The molecule has 0 aliphatic heterocycles. The van der Waals surface area contributed by atoms with E-state index in [1.165, 1.54) is 12.1 Å². The number of hydrogen-bond acceptors (Lipinski definition) is 4. The smallest absolute Gasteiger partial charge is 0.338 e. The molecule has 1 aromatic carbocycles. The molecule has 92 valence electrons. The number of benzene rings is 1. The van der Waals surface area contributed by atoms with Gasteiger partial charge in [0.25, 0.3) is 0 Å². The minimum atomic E-state index is -1.14. The standard InChI is InChI=1S/C12H15NO4/c1-4-17-12(16)9-6-5-8(13(2)3)7-10(9)11(14)15/h5-7H,4H2,1-3H3,(H,14,15). The van der Waals surface area contributed by atoms with Crippen molar-refractivity contribution in [1.29, 1.82) is 0 Å². The van der Waals surface area contributed by atoms with Gasteiger partial charge in [0.2, 0.25) is 0 Å². The van der Waals surface area contributed by atoms with E-state index in [2.05, 4.69) is 0 Å². The first-order valence-corrected chi connectivity index (χ1v) is 5.19. The minimum absolute atomic E-state index is 0.0466. The van der Waals surface area contributed by atoms with E-state index in [9.17, 15) is 9.59 Å². The average molecular weight is 237 g/mol. The first kappa shape index (κ1) is 13.0. The molecule has 1 aromatic rings. The molecule has 5 heteroatoms. The maximum absolute atomic E-state index is 11.6. The number of aromatic carboxylic acids is 1. The monoisotopic (exact) mass is 237 g/mol. The molecule has 0 aromatic heterocycles. The van der Waals surface area contributed by atoms with Crippen molar-refractivity contribution in [1.82, 2.24) is 0 Å². The third-order valence-electron chi connectivity index (χ3n) is 2.25. The van der Waals surface area contributed by atoms with E-state index >= 15 is 0 Å². The van der Waals surface area contributed by atoms with Crippen molar-refractivity contribution < 1.29 is 19.4 Å². The molecule has 17 heavy (non-hydrogen) atoms. The second kappa shape index (κ2) is 5.34. The molecule has 0 saturated carbocycles. The number of carboxylic acids is 1. The highest BCUT2D eigenvalue weighted by Crippen LogP contribution is 2.19. The number of nitrogens with zero attached hydrogens (tertiary/aromatic N) is 1. The van der Waals surface area contributed by atoms with Gasteiger partial charge in [-0.15, -0.1) is 0 Å². The topological polar surface area (TPSA) is 66.8 Å². The molecule has 0 spiro atoms. The lowest BCUT2D eigenvalue weighted by molar-refractivity contribution is 0.0514. The molecule has 5 nitrogen and oxygen atoms in total. The summed E-state index contributed by atoms with van der Waals surface area (Å²) in [4.78, 5) is 24.4. The number of esters is 1. The Labute approximate surface area is 99.6 Å². The first-order valence-electron chi connectivity index (χ1n) is 5.19. The van der Waals surface area contributed by atoms with Gasteiger partial charge in [-0.3, -0.25) is 0 Å². The average Bonchev–Trinajstić information content (AvgIpc) is 2.28. The number of rotatable bonds is 4. The third-order valence-corrected chi connectivity index (χ3v) is 2.25. The zero-order chi connectivity index (χ0) is 13.0.